The summed E-state index contributed by atoms with van der Waals surface area (Å²) < 4.78 is 34.6. The lowest BCUT2D eigenvalue weighted by Crippen LogP contribution is -2.69. The molecule has 3 saturated heterocycles. The molecule has 0 aromatic rings. The first-order valence-electron chi connectivity index (χ1n) is 15.9. The summed E-state index contributed by atoms with van der Waals surface area (Å²) in [5.41, 5.74) is 0. The van der Waals surface area contributed by atoms with E-state index in [-0.39, 0.29) is 0 Å². The van der Waals surface area contributed by atoms with Crippen molar-refractivity contribution in [2.24, 2.45) is 0 Å². The van der Waals surface area contributed by atoms with Gasteiger partial charge in [-0.05, 0) is 6.92 Å². The predicted molar refractivity (Wildman–Crippen MR) is 158 cm³/mol. The molecule has 292 valence electrons. The van der Waals surface area contributed by atoms with Crippen LogP contribution in [0.1, 0.15) is 20.8 Å². The number of amides is 2. The van der Waals surface area contributed by atoms with E-state index in [1.807, 2.05) is 0 Å². The summed E-state index contributed by atoms with van der Waals surface area (Å²) in [5, 5.41) is 130. The van der Waals surface area contributed by atoms with E-state index in [1.165, 1.54) is 6.92 Å². The number of carbonyl (C=O) groups excluding carboxylic acids is 2. The van der Waals surface area contributed by atoms with Crippen LogP contribution in [-0.2, 0) is 38.0 Å². The van der Waals surface area contributed by atoms with Gasteiger partial charge in [0.25, 0.3) is 0 Å². The van der Waals surface area contributed by atoms with Crippen molar-refractivity contribution in [3.63, 3.8) is 0 Å². The molecule has 2 amide bonds. The third-order valence-electron chi connectivity index (χ3n) is 8.63. The molecule has 3 aliphatic rings. The Bertz CT molecular complexity index is 1080. The van der Waals surface area contributed by atoms with E-state index < -0.39 is 155 Å². The molecule has 14 N–H and O–H groups in total. The van der Waals surface area contributed by atoms with E-state index in [4.69, 9.17) is 28.4 Å². The molecule has 0 saturated carbocycles. The van der Waals surface area contributed by atoms with Crippen LogP contribution in [0.3, 0.4) is 0 Å². The van der Waals surface area contributed by atoms with Gasteiger partial charge in [-0.15, -0.1) is 0 Å². The zero-order valence-corrected chi connectivity index (χ0v) is 27.4. The Morgan fingerprint density at radius 1 is 0.680 bits per heavy atom. The molecule has 3 fully saturated rings. The monoisotopic (exact) mass is 734 g/mol. The Hall–Kier alpha value is -1.78. The third-order valence-corrected chi connectivity index (χ3v) is 8.63. The molecular formula is C28H50N2O20. The van der Waals surface area contributed by atoms with Crippen LogP contribution in [0.25, 0.3) is 0 Å². The number of ether oxygens (including phenoxy) is 6. The quantitative estimate of drug-likeness (QED) is 0.0742. The van der Waals surface area contributed by atoms with Gasteiger partial charge in [0.05, 0.1) is 38.6 Å². The summed E-state index contributed by atoms with van der Waals surface area (Å²) in [4.78, 5) is 23.7. The summed E-state index contributed by atoms with van der Waals surface area (Å²) in [6.07, 6.45) is -30.6. The molecule has 0 spiro atoms. The fourth-order valence-electron chi connectivity index (χ4n) is 5.86. The van der Waals surface area contributed by atoms with Crippen molar-refractivity contribution in [1.29, 1.82) is 0 Å². The van der Waals surface area contributed by atoms with E-state index in [0.717, 1.165) is 13.8 Å². The molecule has 3 rings (SSSR count). The molecular weight excluding hydrogens is 684 g/mol. The highest BCUT2D eigenvalue weighted by Crippen LogP contribution is 2.35. The molecule has 0 aromatic carbocycles. The minimum absolute atomic E-state index is 0.708. The van der Waals surface area contributed by atoms with Crippen LogP contribution in [0, 0.1) is 0 Å². The highest BCUT2D eigenvalue weighted by atomic mass is 16.8. The van der Waals surface area contributed by atoms with Gasteiger partial charge in [-0.2, -0.15) is 0 Å². The van der Waals surface area contributed by atoms with Gasteiger partial charge in [0.15, 0.2) is 18.9 Å². The van der Waals surface area contributed by atoms with Gasteiger partial charge in [-0.25, -0.2) is 0 Å². The number of aliphatic hydroxyl groups is 12. The Labute approximate surface area is 285 Å². The second-order valence-electron chi connectivity index (χ2n) is 12.4. The van der Waals surface area contributed by atoms with Crippen molar-refractivity contribution in [3.05, 3.63) is 0 Å². The first-order valence-corrected chi connectivity index (χ1v) is 15.9. The van der Waals surface area contributed by atoms with E-state index >= 15 is 0 Å². The number of rotatable bonds is 15. The molecule has 3 aliphatic heterocycles. The van der Waals surface area contributed by atoms with Crippen LogP contribution < -0.4 is 10.6 Å². The Morgan fingerprint density at radius 3 is 1.80 bits per heavy atom. The molecule has 0 unspecified atom stereocenters. The van der Waals surface area contributed by atoms with Crippen molar-refractivity contribution in [2.75, 3.05) is 26.4 Å². The number of nitrogens with one attached hydrogen (secondary N) is 2. The van der Waals surface area contributed by atoms with E-state index in [1.54, 1.807) is 0 Å². The number of aliphatic hydroxyl groups excluding tert-OH is 12. The zero-order valence-electron chi connectivity index (χ0n) is 27.4. The van der Waals surface area contributed by atoms with Crippen molar-refractivity contribution >= 4 is 11.8 Å². The van der Waals surface area contributed by atoms with E-state index in [9.17, 15) is 70.9 Å². The van der Waals surface area contributed by atoms with Crippen molar-refractivity contribution in [1.82, 2.24) is 10.6 Å². The van der Waals surface area contributed by atoms with Gasteiger partial charge in [0.1, 0.15) is 85.4 Å². The lowest BCUT2D eigenvalue weighted by atomic mass is 9.94. The number of carbonyl (C=O) groups is 2. The Balaban J connectivity index is 2.10. The van der Waals surface area contributed by atoms with Crippen molar-refractivity contribution < 1.29 is 99.3 Å². The topological polar surface area (TPSA) is 356 Å². The predicted octanol–water partition coefficient (Wildman–Crippen LogP) is -8.80. The van der Waals surface area contributed by atoms with Gasteiger partial charge >= 0.3 is 0 Å². The summed E-state index contributed by atoms with van der Waals surface area (Å²) in [7, 11) is 0. The average molecular weight is 735 g/mol. The second-order valence-corrected chi connectivity index (χ2v) is 12.4. The van der Waals surface area contributed by atoms with Crippen LogP contribution in [-0.4, -0.2) is 216 Å². The first-order chi connectivity index (χ1) is 23.5. The second kappa shape index (κ2) is 18.8. The standard InChI is InChI=1S/C28H50N2O20/c1-8-16(38)21(43)22(44)27(45-8)50-25-24(49-26-15(30-10(3)36)20(42)18(40)13(6-33)46-26)19(41)14(7-34)47-28(25)48-23(12(37)5-32)17(39)11(4-31)29-9(2)35/h8,11-28,31-34,37-44H,4-7H2,1-3H3,(H,29,35)(H,30,36)/t8-,11-,12+,13+,14+,15+,16+,17+,18-,19-,20+,21+,22-,23+,24-,25+,26+,27-,28-/m0/s1. The van der Waals surface area contributed by atoms with Crippen molar-refractivity contribution in [3.8, 4) is 0 Å². The van der Waals surface area contributed by atoms with E-state index in [0.29, 0.717) is 0 Å². The summed E-state index contributed by atoms with van der Waals surface area (Å²) in [5.74, 6) is -1.44. The third kappa shape index (κ3) is 9.80. The van der Waals surface area contributed by atoms with Gasteiger partial charge in [0, 0.05) is 13.8 Å². The van der Waals surface area contributed by atoms with Crippen molar-refractivity contribution in [2.45, 2.75) is 137 Å². The zero-order chi connectivity index (χ0) is 37.6. The molecule has 0 aromatic heterocycles. The molecule has 3 heterocycles. The van der Waals surface area contributed by atoms with Crippen LogP contribution >= 0.6 is 0 Å². The number of hydrogen-bond acceptors (Lipinski definition) is 20. The largest absolute Gasteiger partial charge is 0.394 e. The molecule has 50 heavy (non-hydrogen) atoms. The van der Waals surface area contributed by atoms with Gasteiger partial charge in [0.2, 0.25) is 11.8 Å². The molecule has 22 nitrogen and oxygen atoms in total. The minimum Gasteiger partial charge on any atom is -0.394 e. The molecule has 0 radical (unpaired) electrons. The first kappa shape index (κ1) is 42.6. The smallest absolute Gasteiger partial charge is 0.217 e. The molecule has 19 atom stereocenters. The molecule has 22 heteroatoms. The number of hydrogen-bond donors (Lipinski definition) is 14. The van der Waals surface area contributed by atoms with Crippen LogP contribution in [0.2, 0.25) is 0 Å². The summed E-state index contributed by atoms with van der Waals surface area (Å²) in [6, 6.07) is -3.07. The molecule has 0 aliphatic carbocycles. The summed E-state index contributed by atoms with van der Waals surface area (Å²) >= 11 is 0. The summed E-state index contributed by atoms with van der Waals surface area (Å²) in [6.45, 7) is -0.312. The lowest BCUT2D eigenvalue weighted by Gasteiger charge is -2.50. The van der Waals surface area contributed by atoms with Gasteiger partial charge in [-0.1, -0.05) is 0 Å². The highest BCUT2D eigenvalue weighted by Gasteiger charge is 2.55. The SMILES string of the molecule is CC(=O)N[C@H]1[C@@H](O[C@H]2[C@@H](O)[C@@H](CO)O[C@@H](O[C@@H]([C@H](O)[C@H](CO)NC(C)=O)[C@H](O)CO)[C@@H]2O[C@@H]2O[C@@H](C)[C@@H](O)[C@@H](O)[C@@H]2O)O[C@H](CO)[C@H](O)[C@@H]1O. The lowest BCUT2D eigenvalue weighted by molar-refractivity contribution is -0.393. The van der Waals surface area contributed by atoms with E-state index in [2.05, 4.69) is 10.6 Å². The average Bonchev–Trinajstić information content (AvgIpc) is 3.08. The van der Waals surface area contributed by atoms with Crippen LogP contribution in [0.4, 0.5) is 0 Å². The van der Waals surface area contributed by atoms with Crippen LogP contribution in [0.15, 0.2) is 0 Å². The minimum atomic E-state index is -2.01. The maximum atomic E-state index is 12.0. The Morgan fingerprint density at radius 2 is 1.26 bits per heavy atom. The fraction of sp³-hybridized carbons (Fsp3) is 0.929. The highest BCUT2D eigenvalue weighted by molar-refractivity contribution is 5.73. The van der Waals surface area contributed by atoms with Gasteiger partial charge in [-0.3, -0.25) is 9.59 Å². The maximum absolute atomic E-state index is 12.0. The van der Waals surface area contributed by atoms with Gasteiger partial charge < -0.3 is 100 Å². The maximum Gasteiger partial charge on any atom is 0.217 e. The molecule has 0 bridgehead atoms. The Kier molecular flexibility index (Phi) is 16.0. The fourth-order valence-corrected chi connectivity index (χ4v) is 5.86. The van der Waals surface area contributed by atoms with Crippen LogP contribution in [0.5, 0.6) is 0 Å². The normalized spacial score (nSPS) is 41.9.